The predicted molar refractivity (Wildman–Crippen MR) is 86.9 cm³/mol. The van der Waals surface area contributed by atoms with Gasteiger partial charge in [0.05, 0.1) is 5.60 Å². The van der Waals surface area contributed by atoms with Crippen molar-refractivity contribution in [2.24, 2.45) is 0 Å². The first-order valence-corrected chi connectivity index (χ1v) is 12.0. The second-order valence-electron chi connectivity index (χ2n) is 8.14. The molecule has 2 rings (SSSR count). The minimum Gasteiger partial charge on any atom is -0.417 e. The molecule has 2 heterocycles. The van der Waals surface area contributed by atoms with Crippen molar-refractivity contribution in [2.45, 2.75) is 87.1 Å². The molecule has 2 aliphatic heterocycles. The summed E-state index contributed by atoms with van der Waals surface area (Å²) in [4.78, 5) is 0. The fraction of sp³-hybridized carbons (Fsp3) is 1.00. The molecule has 2 aliphatic rings. The number of hydrogen-bond acceptors (Lipinski definition) is 3. The topological polar surface area (TPSA) is 46.5 Å². The Labute approximate surface area is 127 Å². The first-order valence-electron chi connectivity index (χ1n) is 7.80. The van der Waals surface area contributed by atoms with Gasteiger partial charge in [-0.1, -0.05) is 20.8 Å². The summed E-state index contributed by atoms with van der Waals surface area (Å²) in [5.74, 6) is 0. The Balaban J connectivity index is 1.87. The van der Waals surface area contributed by atoms with Gasteiger partial charge in [-0.25, -0.2) is 0 Å². The van der Waals surface area contributed by atoms with Gasteiger partial charge < -0.3 is 9.53 Å². The zero-order chi connectivity index (χ0) is 15.2. The van der Waals surface area contributed by atoms with Gasteiger partial charge in [0.15, 0.2) is 8.32 Å². The lowest BCUT2D eigenvalue weighted by Gasteiger charge is -2.39. The SMILES string of the molecule is CC(C)(C)[Si](C)(C)OCCC1(O)CC2CCC(C1)S2=O. The van der Waals surface area contributed by atoms with Crippen LogP contribution in [0, 0.1) is 0 Å². The van der Waals surface area contributed by atoms with Crippen molar-refractivity contribution in [2.75, 3.05) is 6.61 Å². The molecule has 20 heavy (non-hydrogen) atoms. The van der Waals surface area contributed by atoms with Crippen LogP contribution in [-0.4, -0.2) is 40.3 Å². The highest BCUT2D eigenvalue weighted by molar-refractivity contribution is 7.86. The van der Waals surface area contributed by atoms with Crippen LogP contribution in [0.5, 0.6) is 0 Å². The van der Waals surface area contributed by atoms with Crippen molar-refractivity contribution in [1.82, 2.24) is 0 Å². The van der Waals surface area contributed by atoms with E-state index in [1.54, 1.807) is 0 Å². The lowest BCUT2D eigenvalue weighted by Crippen LogP contribution is -2.45. The maximum absolute atomic E-state index is 12.0. The van der Waals surface area contributed by atoms with Gasteiger partial charge in [-0.15, -0.1) is 0 Å². The summed E-state index contributed by atoms with van der Waals surface area (Å²) < 4.78 is 18.2. The van der Waals surface area contributed by atoms with E-state index < -0.39 is 24.7 Å². The highest BCUT2D eigenvalue weighted by atomic mass is 32.2. The van der Waals surface area contributed by atoms with Crippen LogP contribution in [0.15, 0.2) is 0 Å². The Bertz CT molecular complexity index is 373. The maximum atomic E-state index is 12.0. The summed E-state index contributed by atoms with van der Waals surface area (Å²) in [7, 11) is -2.42. The van der Waals surface area contributed by atoms with Crippen molar-refractivity contribution in [3.63, 3.8) is 0 Å². The summed E-state index contributed by atoms with van der Waals surface area (Å²) >= 11 is 0. The molecule has 3 nitrogen and oxygen atoms in total. The van der Waals surface area contributed by atoms with Crippen molar-refractivity contribution in [3.8, 4) is 0 Å². The quantitative estimate of drug-likeness (QED) is 0.810. The highest BCUT2D eigenvalue weighted by Gasteiger charge is 2.47. The highest BCUT2D eigenvalue weighted by Crippen LogP contribution is 2.43. The molecular formula is C15H30O3SSi. The molecule has 2 unspecified atom stereocenters. The maximum Gasteiger partial charge on any atom is 0.191 e. The van der Waals surface area contributed by atoms with Gasteiger partial charge in [0.25, 0.3) is 0 Å². The lowest BCUT2D eigenvalue weighted by molar-refractivity contribution is 0.00171. The van der Waals surface area contributed by atoms with E-state index in [1.807, 2.05) is 0 Å². The van der Waals surface area contributed by atoms with E-state index in [2.05, 4.69) is 33.9 Å². The van der Waals surface area contributed by atoms with E-state index in [1.165, 1.54) is 0 Å². The molecule has 0 spiro atoms. The number of aliphatic hydroxyl groups is 1. The average molecular weight is 319 g/mol. The molecule has 2 bridgehead atoms. The first kappa shape index (κ1) is 16.7. The van der Waals surface area contributed by atoms with Crippen molar-refractivity contribution in [3.05, 3.63) is 0 Å². The Kier molecular flexibility index (Phi) is 4.57. The summed E-state index contributed by atoms with van der Waals surface area (Å²) in [5.41, 5.74) is -0.637. The predicted octanol–water partition coefficient (Wildman–Crippen LogP) is 3.20. The summed E-state index contributed by atoms with van der Waals surface area (Å²) in [6, 6.07) is 0. The monoisotopic (exact) mass is 318 g/mol. The first-order chi connectivity index (χ1) is 9.04. The fourth-order valence-electron chi connectivity index (χ4n) is 3.09. The fourth-order valence-corrected chi connectivity index (χ4v) is 6.37. The Morgan fingerprint density at radius 3 is 2.20 bits per heavy atom. The van der Waals surface area contributed by atoms with Crippen LogP contribution in [-0.2, 0) is 15.2 Å². The molecule has 0 aromatic heterocycles. The lowest BCUT2D eigenvalue weighted by atomic mass is 9.90. The van der Waals surface area contributed by atoms with E-state index in [0.29, 0.717) is 25.9 Å². The Hall–Kier alpha value is 0.287. The second-order valence-corrected chi connectivity index (χ2v) is 14.9. The van der Waals surface area contributed by atoms with Crippen LogP contribution in [0.3, 0.4) is 0 Å². The van der Waals surface area contributed by atoms with E-state index in [9.17, 15) is 9.32 Å². The van der Waals surface area contributed by atoms with Crippen LogP contribution in [0.1, 0.15) is 52.9 Å². The van der Waals surface area contributed by atoms with Crippen LogP contribution >= 0.6 is 0 Å². The van der Waals surface area contributed by atoms with Crippen LogP contribution in [0.4, 0.5) is 0 Å². The molecule has 0 radical (unpaired) electrons. The molecule has 2 atom stereocenters. The number of rotatable bonds is 4. The van der Waals surface area contributed by atoms with E-state index in [0.717, 1.165) is 12.8 Å². The number of hydrogen-bond donors (Lipinski definition) is 1. The summed E-state index contributed by atoms with van der Waals surface area (Å²) in [5, 5.41) is 11.4. The van der Waals surface area contributed by atoms with Gasteiger partial charge in [-0.05, 0) is 50.2 Å². The zero-order valence-electron chi connectivity index (χ0n) is 13.6. The standard InChI is InChI=1S/C15H30O3SSi/c1-14(2,3)20(4,5)18-9-8-15(16)10-12-6-7-13(11-15)19(12)17/h12-13,16H,6-11H2,1-5H3. The normalized spacial score (nSPS) is 38.2. The molecule has 1 N–H and O–H groups in total. The average Bonchev–Trinajstić information content (AvgIpc) is 2.52. The van der Waals surface area contributed by atoms with Crippen molar-refractivity contribution < 1.29 is 13.7 Å². The molecule has 0 aliphatic carbocycles. The largest absolute Gasteiger partial charge is 0.417 e. The van der Waals surface area contributed by atoms with Crippen molar-refractivity contribution in [1.29, 1.82) is 0 Å². The molecule has 0 aromatic carbocycles. The van der Waals surface area contributed by atoms with E-state index in [-0.39, 0.29) is 15.5 Å². The summed E-state index contributed by atoms with van der Waals surface area (Å²) in [6.45, 7) is 11.8. The third-order valence-electron chi connectivity index (χ3n) is 5.52. The van der Waals surface area contributed by atoms with Gasteiger partial charge in [0.2, 0.25) is 0 Å². The number of fused-ring (bicyclic) bond motifs is 2. The smallest absolute Gasteiger partial charge is 0.191 e. The van der Waals surface area contributed by atoms with Crippen LogP contribution in [0.25, 0.3) is 0 Å². The van der Waals surface area contributed by atoms with Gasteiger partial charge in [0.1, 0.15) is 0 Å². The molecule has 2 saturated heterocycles. The Morgan fingerprint density at radius 2 is 1.75 bits per heavy atom. The zero-order valence-corrected chi connectivity index (χ0v) is 15.4. The molecule has 5 heteroatoms. The Morgan fingerprint density at radius 1 is 1.25 bits per heavy atom. The van der Waals surface area contributed by atoms with E-state index in [4.69, 9.17) is 4.43 Å². The molecule has 0 amide bonds. The molecule has 2 fully saturated rings. The van der Waals surface area contributed by atoms with Crippen LogP contribution in [0.2, 0.25) is 18.1 Å². The van der Waals surface area contributed by atoms with Crippen LogP contribution < -0.4 is 0 Å². The molecule has 0 aromatic rings. The van der Waals surface area contributed by atoms with E-state index >= 15 is 0 Å². The third kappa shape index (κ3) is 3.37. The van der Waals surface area contributed by atoms with Gasteiger partial charge >= 0.3 is 0 Å². The van der Waals surface area contributed by atoms with Gasteiger partial charge in [0, 0.05) is 27.9 Å². The molecule has 0 saturated carbocycles. The minimum absolute atomic E-state index is 0.211. The van der Waals surface area contributed by atoms with Gasteiger partial charge in [-0.3, -0.25) is 4.21 Å². The molecular weight excluding hydrogens is 288 g/mol. The van der Waals surface area contributed by atoms with Gasteiger partial charge in [-0.2, -0.15) is 0 Å². The molecule has 118 valence electrons. The van der Waals surface area contributed by atoms with Crippen molar-refractivity contribution >= 4 is 19.1 Å². The summed E-state index contributed by atoms with van der Waals surface area (Å²) in [6.07, 6.45) is 4.17. The minimum atomic E-state index is -1.73. The second kappa shape index (κ2) is 5.49. The third-order valence-corrected chi connectivity index (χ3v) is 12.2.